The third-order valence-corrected chi connectivity index (χ3v) is 3.95. The van der Waals surface area contributed by atoms with E-state index in [4.69, 9.17) is 9.47 Å². The molecule has 2 heterocycles. The Morgan fingerprint density at radius 3 is 2.41 bits per heavy atom. The van der Waals surface area contributed by atoms with Crippen molar-refractivity contribution in [3.8, 4) is 0 Å². The lowest BCUT2D eigenvalue weighted by Gasteiger charge is -2.35. The van der Waals surface area contributed by atoms with Gasteiger partial charge in [-0.15, -0.1) is 0 Å². The van der Waals surface area contributed by atoms with Gasteiger partial charge in [-0.2, -0.15) is 0 Å². The van der Waals surface area contributed by atoms with Crippen LogP contribution in [0.15, 0.2) is 24.5 Å². The van der Waals surface area contributed by atoms with Gasteiger partial charge >= 0.3 is 0 Å². The molecule has 1 spiro atoms. The highest BCUT2D eigenvalue weighted by Gasteiger charge is 2.40. The van der Waals surface area contributed by atoms with Crippen molar-refractivity contribution in [1.82, 2.24) is 4.98 Å². The summed E-state index contributed by atoms with van der Waals surface area (Å²) in [5, 5.41) is 0. The fraction of sp³-hybridized carbons (Fsp3) is 0.643. The summed E-state index contributed by atoms with van der Waals surface area (Å²) in [5.74, 6) is 0.560. The molecule has 1 aliphatic heterocycles. The lowest BCUT2D eigenvalue weighted by Crippen LogP contribution is -2.35. The van der Waals surface area contributed by atoms with Gasteiger partial charge in [0.25, 0.3) is 0 Å². The minimum absolute atomic E-state index is 0.214. The van der Waals surface area contributed by atoms with Crippen LogP contribution in [0.1, 0.15) is 31.2 Å². The number of pyridine rings is 1. The van der Waals surface area contributed by atoms with Crippen LogP contribution in [-0.4, -0.2) is 24.0 Å². The SMILES string of the molecule is c1cc(CC2CCC3(CC2)OCCO3)ccn1. The van der Waals surface area contributed by atoms with Crippen LogP contribution < -0.4 is 0 Å². The summed E-state index contributed by atoms with van der Waals surface area (Å²) >= 11 is 0. The molecular formula is C14H19NO2. The number of aromatic nitrogens is 1. The maximum absolute atomic E-state index is 5.75. The van der Waals surface area contributed by atoms with Crippen LogP contribution >= 0.6 is 0 Å². The van der Waals surface area contributed by atoms with Gasteiger partial charge in [0, 0.05) is 25.2 Å². The Labute approximate surface area is 102 Å². The molecule has 1 aromatic heterocycles. The second-order valence-electron chi connectivity index (χ2n) is 5.11. The standard InChI is InChI=1S/C14H19NO2/c1-5-14(16-9-10-17-14)6-2-12(1)11-13-3-7-15-8-4-13/h3-4,7-8,12H,1-2,5-6,9-11H2. The van der Waals surface area contributed by atoms with E-state index in [1.54, 1.807) is 0 Å². The van der Waals surface area contributed by atoms with E-state index in [-0.39, 0.29) is 5.79 Å². The Hall–Kier alpha value is -0.930. The molecule has 0 amide bonds. The van der Waals surface area contributed by atoms with Crippen molar-refractivity contribution in [3.63, 3.8) is 0 Å². The van der Waals surface area contributed by atoms with E-state index in [2.05, 4.69) is 17.1 Å². The van der Waals surface area contributed by atoms with E-state index < -0.39 is 0 Å². The van der Waals surface area contributed by atoms with Crippen LogP contribution in [0.3, 0.4) is 0 Å². The number of hydrogen-bond donors (Lipinski definition) is 0. The summed E-state index contributed by atoms with van der Waals surface area (Å²) in [6, 6.07) is 4.24. The first-order valence-corrected chi connectivity index (χ1v) is 6.53. The Balaban J connectivity index is 1.55. The van der Waals surface area contributed by atoms with E-state index in [1.807, 2.05) is 12.4 Å². The zero-order valence-corrected chi connectivity index (χ0v) is 10.1. The predicted molar refractivity (Wildman–Crippen MR) is 64.5 cm³/mol. The minimum Gasteiger partial charge on any atom is -0.348 e. The van der Waals surface area contributed by atoms with Crippen LogP contribution in [0.25, 0.3) is 0 Å². The quantitative estimate of drug-likeness (QED) is 0.786. The van der Waals surface area contributed by atoms with Gasteiger partial charge in [0.15, 0.2) is 5.79 Å². The van der Waals surface area contributed by atoms with Crippen molar-refractivity contribution >= 4 is 0 Å². The van der Waals surface area contributed by atoms with Crippen molar-refractivity contribution in [3.05, 3.63) is 30.1 Å². The Bertz CT molecular complexity index is 350. The molecule has 17 heavy (non-hydrogen) atoms. The van der Waals surface area contributed by atoms with Crippen LogP contribution in [0.5, 0.6) is 0 Å². The van der Waals surface area contributed by atoms with Crippen molar-refractivity contribution in [2.75, 3.05) is 13.2 Å². The summed E-state index contributed by atoms with van der Waals surface area (Å²) in [6.45, 7) is 1.55. The molecule has 3 heteroatoms. The maximum Gasteiger partial charge on any atom is 0.168 e. The number of nitrogens with zero attached hydrogens (tertiary/aromatic N) is 1. The van der Waals surface area contributed by atoms with Gasteiger partial charge in [0.1, 0.15) is 0 Å². The fourth-order valence-corrected chi connectivity index (χ4v) is 2.96. The van der Waals surface area contributed by atoms with E-state index in [1.165, 1.54) is 24.8 Å². The Morgan fingerprint density at radius 1 is 1.12 bits per heavy atom. The van der Waals surface area contributed by atoms with Crippen LogP contribution in [-0.2, 0) is 15.9 Å². The largest absolute Gasteiger partial charge is 0.348 e. The third kappa shape index (κ3) is 2.50. The first kappa shape index (κ1) is 11.2. The van der Waals surface area contributed by atoms with E-state index >= 15 is 0 Å². The van der Waals surface area contributed by atoms with Crippen LogP contribution in [0.2, 0.25) is 0 Å². The van der Waals surface area contributed by atoms with E-state index in [9.17, 15) is 0 Å². The van der Waals surface area contributed by atoms with Crippen molar-refractivity contribution in [2.45, 2.75) is 37.9 Å². The van der Waals surface area contributed by atoms with E-state index in [0.717, 1.165) is 32.0 Å². The second-order valence-corrected chi connectivity index (χ2v) is 5.11. The number of rotatable bonds is 2. The predicted octanol–water partition coefficient (Wildman–Crippen LogP) is 2.56. The molecule has 2 fully saturated rings. The molecule has 1 aromatic rings. The van der Waals surface area contributed by atoms with E-state index in [0.29, 0.717) is 0 Å². The van der Waals surface area contributed by atoms with Crippen LogP contribution in [0.4, 0.5) is 0 Å². The lowest BCUT2D eigenvalue weighted by molar-refractivity contribution is -0.182. The normalized spacial score (nSPS) is 24.2. The monoisotopic (exact) mass is 233 g/mol. The van der Waals surface area contributed by atoms with Gasteiger partial charge in [0.05, 0.1) is 13.2 Å². The average molecular weight is 233 g/mol. The first-order valence-electron chi connectivity index (χ1n) is 6.53. The van der Waals surface area contributed by atoms with Gasteiger partial charge in [0.2, 0.25) is 0 Å². The summed E-state index contributed by atoms with van der Waals surface area (Å²) in [4.78, 5) is 4.06. The molecule has 0 unspecified atom stereocenters. The van der Waals surface area contributed by atoms with Gasteiger partial charge in [-0.3, -0.25) is 4.98 Å². The van der Waals surface area contributed by atoms with Crippen molar-refractivity contribution < 1.29 is 9.47 Å². The van der Waals surface area contributed by atoms with Gasteiger partial charge in [-0.05, 0) is 42.9 Å². The second kappa shape index (κ2) is 4.75. The van der Waals surface area contributed by atoms with Crippen molar-refractivity contribution in [2.24, 2.45) is 5.92 Å². The molecule has 2 aliphatic rings. The molecule has 0 N–H and O–H groups in total. The van der Waals surface area contributed by atoms with Gasteiger partial charge < -0.3 is 9.47 Å². The fourth-order valence-electron chi connectivity index (χ4n) is 2.96. The summed E-state index contributed by atoms with van der Waals surface area (Å²) < 4.78 is 11.5. The molecule has 3 nitrogen and oxygen atoms in total. The molecule has 0 aromatic carbocycles. The molecule has 0 radical (unpaired) electrons. The molecule has 1 saturated heterocycles. The lowest BCUT2D eigenvalue weighted by atomic mass is 9.82. The number of ether oxygens (including phenoxy) is 2. The van der Waals surface area contributed by atoms with Gasteiger partial charge in [-0.1, -0.05) is 0 Å². The Kier molecular flexibility index (Phi) is 3.12. The molecule has 92 valence electrons. The summed E-state index contributed by atoms with van der Waals surface area (Å²) in [7, 11) is 0. The molecule has 1 saturated carbocycles. The van der Waals surface area contributed by atoms with Crippen molar-refractivity contribution in [1.29, 1.82) is 0 Å². The maximum atomic E-state index is 5.75. The molecule has 0 bridgehead atoms. The highest BCUT2D eigenvalue weighted by atomic mass is 16.7. The zero-order valence-electron chi connectivity index (χ0n) is 10.1. The molecular weight excluding hydrogens is 214 g/mol. The smallest absolute Gasteiger partial charge is 0.168 e. The molecule has 0 atom stereocenters. The van der Waals surface area contributed by atoms with Gasteiger partial charge in [-0.25, -0.2) is 0 Å². The average Bonchev–Trinajstić information content (AvgIpc) is 2.83. The Morgan fingerprint density at radius 2 is 1.76 bits per heavy atom. The highest BCUT2D eigenvalue weighted by Crippen LogP contribution is 2.39. The highest BCUT2D eigenvalue weighted by molar-refractivity contribution is 5.10. The first-order chi connectivity index (χ1) is 8.36. The number of hydrogen-bond acceptors (Lipinski definition) is 3. The molecule has 1 aliphatic carbocycles. The molecule has 3 rings (SSSR count). The zero-order chi connectivity index (χ0) is 11.6. The third-order valence-electron chi connectivity index (χ3n) is 3.95. The summed E-state index contributed by atoms with van der Waals surface area (Å²) in [5.41, 5.74) is 1.40. The topological polar surface area (TPSA) is 31.4 Å². The van der Waals surface area contributed by atoms with Crippen LogP contribution in [0, 0.1) is 5.92 Å². The summed E-state index contributed by atoms with van der Waals surface area (Å²) in [6.07, 6.45) is 9.46. The minimum atomic E-state index is -0.214.